The second-order valence-electron chi connectivity index (χ2n) is 10.7. The van der Waals surface area contributed by atoms with Gasteiger partial charge in [0.25, 0.3) is 0 Å². The highest BCUT2D eigenvalue weighted by molar-refractivity contribution is 5.95. The number of halogens is 2. The number of nitrogens with one attached hydrogen (secondary N) is 1. The first kappa shape index (κ1) is 28.2. The molecule has 4 rings (SSSR count). The van der Waals surface area contributed by atoms with E-state index in [4.69, 9.17) is 5.73 Å². The van der Waals surface area contributed by atoms with Crippen molar-refractivity contribution >= 4 is 17.9 Å². The first-order valence-electron chi connectivity index (χ1n) is 12.9. The third-order valence-electron chi connectivity index (χ3n) is 7.75. The highest BCUT2D eigenvalue weighted by Crippen LogP contribution is 2.38. The van der Waals surface area contributed by atoms with Crippen molar-refractivity contribution in [2.24, 2.45) is 5.73 Å². The molecule has 0 spiro atoms. The van der Waals surface area contributed by atoms with Gasteiger partial charge in [-0.05, 0) is 79.6 Å². The summed E-state index contributed by atoms with van der Waals surface area (Å²) < 4.78 is 29.0. The largest absolute Gasteiger partial charge is 0.481 e. The second kappa shape index (κ2) is 10.8. The second-order valence-corrected chi connectivity index (χ2v) is 10.7. The van der Waals surface area contributed by atoms with E-state index in [2.05, 4.69) is 5.32 Å². The average Bonchev–Trinajstić information content (AvgIpc) is 2.82. The molecule has 0 saturated carbocycles. The molecule has 0 radical (unpaired) electrons. The Kier molecular flexibility index (Phi) is 7.79. The van der Waals surface area contributed by atoms with Gasteiger partial charge in [-0.1, -0.05) is 18.2 Å². The number of hydrogen-bond donors (Lipinski definition) is 3. The number of nitrogens with two attached hydrogens (primary N) is 1. The van der Waals surface area contributed by atoms with Gasteiger partial charge in [-0.25, -0.2) is 13.6 Å². The predicted molar refractivity (Wildman–Crippen MR) is 143 cm³/mol. The van der Waals surface area contributed by atoms with Gasteiger partial charge in [0, 0.05) is 31.4 Å². The number of alkyl halides is 1. The standard InChI is InChI=1S/C29H34F2N4O4/c1-16-6-5-7-17(2)25(16)19-10-18(3)26(31)22(11-19)23(12-24(36)37)35-13-20(8-9-34-14-21(30)15-34)29(4,27(32)38)33-28(35)39/h5-7,10-11,13,21,23H,8-9,12,14-15H2,1-4H3,(H2,32,38)(H,33,39)(H,36,37)/t23-,29-/m0/s1. The van der Waals surface area contributed by atoms with Gasteiger partial charge in [-0.15, -0.1) is 0 Å². The maximum Gasteiger partial charge on any atom is 0.323 e. The van der Waals surface area contributed by atoms with E-state index >= 15 is 4.39 Å². The number of aliphatic carboxylic acids is 1. The van der Waals surface area contributed by atoms with E-state index in [9.17, 15) is 23.9 Å². The molecule has 2 heterocycles. The van der Waals surface area contributed by atoms with Crippen LogP contribution in [0, 0.1) is 26.6 Å². The maximum absolute atomic E-state index is 15.7. The zero-order valence-corrected chi connectivity index (χ0v) is 22.6. The third-order valence-corrected chi connectivity index (χ3v) is 7.75. The lowest BCUT2D eigenvalue weighted by Crippen LogP contribution is -2.62. The van der Waals surface area contributed by atoms with Crippen molar-refractivity contribution in [3.05, 3.63) is 70.2 Å². The third kappa shape index (κ3) is 5.52. The van der Waals surface area contributed by atoms with Crippen molar-refractivity contribution in [1.29, 1.82) is 0 Å². The number of urea groups is 1. The molecule has 2 aromatic rings. The maximum atomic E-state index is 15.7. The molecule has 39 heavy (non-hydrogen) atoms. The van der Waals surface area contributed by atoms with Crippen molar-refractivity contribution < 1.29 is 28.3 Å². The summed E-state index contributed by atoms with van der Waals surface area (Å²) in [6, 6.07) is 7.12. The fourth-order valence-corrected chi connectivity index (χ4v) is 5.43. The number of carbonyl (C=O) groups excluding carboxylic acids is 2. The van der Waals surface area contributed by atoms with E-state index in [1.807, 2.05) is 36.9 Å². The van der Waals surface area contributed by atoms with Crippen LogP contribution < -0.4 is 11.1 Å². The Morgan fingerprint density at radius 2 is 1.82 bits per heavy atom. The first-order chi connectivity index (χ1) is 18.3. The molecule has 2 aliphatic heterocycles. The Bertz CT molecular complexity index is 1330. The van der Waals surface area contributed by atoms with Gasteiger partial charge in [0.05, 0.1) is 12.5 Å². The highest BCUT2D eigenvalue weighted by atomic mass is 19.1. The van der Waals surface area contributed by atoms with Gasteiger partial charge in [0.15, 0.2) is 0 Å². The van der Waals surface area contributed by atoms with E-state index in [-0.39, 0.29) is 25.1 Å². The summed E-state index contributed by atoms with van der Waals surface area (Å²) in [5.41, 5.74) is 8.46. The lowest BCUT2D eigenvalue weighted by molar-refractivity contribution is -0.138. The monoisotopic (exact) mass is 540 g/mol. The summed E-state index contributed by atoms with van der Waals surface area (Å²) in [5.74, 6) is -2.63. The number of nitrogens with zero attached hydrogens (tertiary/aromatic N) is 2. The Morgan fingerprint density at radius 3 is 2.38 bits per heavy atom. The molecular formula is C29H34F2N4O4. The number of likely N-dealkylation sites (tertiary alicyclic amines) is 1. The highest BCUT2D eigenvalue weighted by Gasteiger charge is 2.44. The molecule has 3 amide bonds. The van der Waals surface area contributed by atoms with Crippen LogP contribution in [-0.2, 0) is 9.59 Å². The van der Waals surface area contributed by atoms with E-state index in [0.717, 1.165) is 21.6 Å². The van der Waals surface area contributed by atoms with Gasteiger partial charge in [-0.2, -0.15) is 0 Å². The number of amides is 3. The van der Waals surface area contributed by atoms with Gasteiger partial charge in [0.2, 0.25) is 5.91 Å². The Balaban J connectivity index is 1.82. The SMILES string of the molecule is Cc1cc(-c2c(C)cccc2C)cc([C@H](CC(=O)O)N2C=C(CCN3CC(F)C3)[C@@](C)(C(N)=O)NC2=O)c1F. The molecule has 0 bridgehead atoms. The summed E-state index contributed by atoms with van der Waals surface area (Å²) in [6.45, 7) is 7.91. The van der Waals surface area contributed by atoms with E-state index in [1.54, 1.807) is 19.1 Å². The van der Waals surface area contributed by atoms with Crippen molar-refractivity contribution in [1.82, 2.24) is 15.1 Å². The molecule has 8 nitrogen and oxygen atoms in total. The molecule has 2 aliphatic rings. The minimum atomic E-state index is -1.53. The summed E-state index contributed by atoms with van der Waals surface area (Å²) in [7, 11) is 0. The van der Waals surface area contributed by atoms with Crippen LogP contribution in [0.5, 0.6) is 0 Å². The van der Waals surface area contributed by atoms with Crippen molar-refractivity contribution in [2.45, 2.75) is 58.3 Å². The van der Waals surface area contributed by atoms with Gasteiger partial charge in [-0.3, -0.25) is 19.4 Å². The molecule has 0 aromatic heterocycles. The van der Waals surface area contributed by atoms with Crippen LogP contribution in [0.25, 0.3) is 11.1 Å². The van der Waals surface area contributed by atoms with Crippen LogP contribution in [0.2, 0.25) is 0 Å². The van der Waals surface area contributed by atoms with Crippen LogP contribution >= 0.6 is 0 Å². The number of carboxylic acid groups (broad SMARTS) is 1. The Labute approximate surface area is 226 Å². The Morgan fingerprint density at radius 1 is 1.18 bits per heavy atom. The first-order valence-corrected chi connectivity index (χ1v) is 12.9. The van der Waals surface area contributed by atoms with E-state index in [0.29, 0.717) is 23.2 Å². The molecule has 1 saturated heterocycles. The molecule has 0 aliphatic carbocycles. The quantitative estimate of drug-likeness (QED) is 0.442. The number of hydrogen-bond acceptors (Lipinski definition) is 4. The summed E-state index contributed by atoms with van der Waals surface area (Å²) >= 11 is 0. The zero-order chi connectivity index (χ0) is 28.6. The summed E-state index contributed by atoms with van der Waals surface area (Å²) in [6.07, 6.45) is 0.198. The molecule has 4 N–H and O–H groups in total. The number of rotatable bonds is 9. The average molecular weight is 541 g/mol. The van der Waals surface area contributed by atoms with Crippen LogP contribution in [0.15, 0.2) is 42.1 Å². The fraction of sp³-hybridized carbons (Fsp3) is 0.414. The minimum absolute atomic E-state index is 0.0477. The Hall–Kier alpha value is -3.79. The van der Waals surface area contributed by atoms with E-state index in [1.165, 1.54) is 13.1 Å². The normalized spacial score (nSPS) is 20.7. The topological polar surface area (TPSA) is 116 Å². The molecule has 1 fully saturated rings. The molecular weight excluding hydrogens is 506 g/mol. The lowest BCUT2D eigenvalue weighted by Gasteiger charge is -2.42. The summed E-state index contributed by atoms with van der Waals surface area (Å²) in [5, 5.41) is 12.4. The number of benzene rings is 2. The molecule has 2 aromatic carbocycles. The summed E-state index contributed by atoms with van der Waals surface area (Å²) in [4.78, 5) is 40.7. The number of carboxylic acids is 1. The molecule has 0 unspecified atom stereocenters. The minimum Gasteiger partial charge on any atom is -0.481 e. The molecule has 208 valence electrons. The van der Waals surface area contributed by atoms with Crippen molar-refractivity contribution in [3.63, 3.8) is 0 Å². The van der Waals surface area contributed by atoms with Gasteiger partial charge < -0.3 is 16.2 Å². The van der Waals surface area contributed by atoms with Crippen molar-refractivity contribution in [2.75, 3.05) is 19.6 Å². The van der Waals surface area contributed by atoms with Gasteiger partial charge >= 0.3 is 12.0 Å². The number of primary amides is 1. The fourth-order valence-electron chi connectivity index (χ4n) is 5.43. The molecule has 2 atom stereocenters. The van der Waals surface area contributed by atoms with E-state index < -0.39 is 47.9 Å². The predicted octanol–water partition coefficient (Wildman–Crippen LogP) is 4.13. The van der Waals surface area contributed by atoms with Crippen LogP contribution in [0.3, 0.4) is 0 Å². The number of carbonyl (C=O) groups is 3. The smallest absolute Gasteiger partial charge is 0.323 e. The van der Waals surface area contributed by atoms with Crippen LogP contribution in [-0.4, -0.2) is 64.2 Å². The molecule has 10 heteroatoms. The van der Waals surface area contributed by atoms with Crippen molar-refractivity contribution in [3.8, 4) is 11.1 Å². The van der Waals surface area contributed by atoms with Crippen LogP contribution in [0.4, 0.5) is 13.6 Å². The van der Waals surface area contributed by atoms with Gasteiger partial charge in [0.1, 0.15) is 17.5 Å². The van der Waals surface area contributed by atoms with Crippen LogP contribution in [0.1, 0.15) is 48.1 Å². The zero-order valence-electron chi connectivity index (χ0n) is 22.6. The lowest BCUT2D eigenvalue weighted by atomic mass is 9.86. The number of aryl methyl sites for hydroxylation is 3.